The summed E-state index contributed by atoms with van der Waals surface area (Å²) in [5, 5.41) is 5.15. The number of nitrogens with two attached hydrogens (primary N) is 1. The van der Waals surface area contributed by atoms with Gasteiger partial charge in [0.1, 0.15) is 11.5 Å². The first-order chi connectivity index (χ1) is 11.2. The van der Waals surface area contributed by atoms with E-state index in [2.05, 4.69) is 0 Å². The van der Waals surface area contributed by atoms with E-state index in [0.29, 0.717) is 11.3 Å². The first-order valence-electron chi connectivity index (χ1n) is 7.32. The van der Waals surface area contributed by atoms with E-state index >= 15 is 0 Å². The van der Waals surface area contributed by atoms with Gasteiger partial charge in [-0.1, -0.05) is 12.1 Å². The van der Waals surface area contributed by atoms with Crippen LogP contribution in [0.1, 0.15) is 30.0 Å². The lowest BCUT2D eigenvalue weighted by Crippen LogP contribution is -2.28. The standard InChI is InChI=1S/C17H20N2O4S/c1-12-7-8-15(23-12)9-10-17(20)19(3)13(2)14-5-4-6-16(11-14)24(18,21)22/h4-11,13H,1-3H3,(H2,18,21,22)/b10-9+/t13-/m0/s1. The summed E-state index contributed by atoms with van der Waals surface area (Å²) in [6, 6.07) is 9.53. The lowest BCUT2D eigenvalue weighted by Gasteiger charge is -2.24. The highest BCUT2D eigenvalue weighted by atomic mass is 32.2. The average molecular weight is 348 g/mol. The summed E-state index contributed by atoms with van der Waals surface area (Å²) in [4.78, 5) is 13.8. The third-order valence-electron chi connectivity index (χ3n) is 3.75. The Balaban J connectivity index is 2.15. The van der Waals surface area contributed by atoms with Gasteiger partial charge in [0.25, 0.3) is 0 Å². The molecule has 2 rings (SSSR count). The van der Waals surface area contributed by atoms with Gasteiger partial charge in [0.15, 0.2) is 0 Å². The van der Waals surface area contributed by atoms with E-state index < -0.39 is 10.0 Å². The van der Waals surface area contributed by atoms with Crippen molar-refractivity contribution >= 4 is 22.0 Å². The molecule has 0 aliphatic heterocycles. The fourth-order valence-electron chi connectivity index (χ4n) is 2.18. The predicted molar refractivity (Wildman–Crippen MR) is 91.5 cm³/mol. The lowest BCUT2D eigenvalue weighted by atomic mass is 10.1. The molecule has 1 aromatic carbocycles. The molecule has 0 saturated heterocycles. The third-order valence-corrected chi connectivity index (χ3v) is 4.66. The number of furan rings is 1. The number of sulfonamides is 1. The molecular formula is C17H20N2O4S. The molecule has 1 atom stereocenters. The maximum atomic E-state index is 12.3. The van der Waals surface area contributed by atoms with Crippen LogP contribution < -0.4 is 5.14 Å². The maximum absolute atomic E-state index is 12.3. The highest BCUT2D eigenvalue weighted by Gasteiger charge is 2.17. The Bertz CT molecular complexity index is 868. The molecule has 0 aliphatic rings. The predicted octanol–water partition coefficient (Wildman–Crippen LogP) is 2.47. The Labute approximate surface area is 141 Å². The minimum atomic E-state index is -3.78. The fraction of sp³-hybridized carbons (Fsp3) is 0.235. The van der Waals surface area contributed by atoms with Crippen LogP contribution in [0.25, 0.3) is 6.08 Å². The van der Waals surface area contributed by atoms with E-state index in [-0.39, 0.29) is 16.8 Å². The smallest absolute Gasteiger partial charge is 0.246 e. The topological polar surface area (TPSA) is 93.6 Å². The largest absolute Gasteiger partial charge is 0.462 e. The van der Waals surface area contributed by atoms with Crippen LogP contribution in [0.4, 0.5) is 0 Å². The minimum Gasteiger partial charge on any atom is -0.462 e. The zero-order chi connectivity index (χ0) is 17.9. The summed E-state index contributed by atoms with van der Waals surface area (Å²) in [5.41, 5.74) is 0.680. The molecule has 2 N–H and O–H groups in total. The molecule has 1 amide bonds. The Morgan fingerprint density at radius 3 is 2.58 bits per heavy atom. The quantitative estimate of drug-likeness (QED) is 0.840. The van der Waals surface area contributed by atoms with Crippen molar-refractivity contribution in [3.05, 3.63) is 59.6 Å². The molecule has 24 heavy (non-hydrogen) atoms. The number of amides is 1. The first kappa shape index (κ1) is 18.0. The number of hydrogen-bond acceptors (Lipinski definition) is 4. The van der Waals surface area contributed by atoms with Gasteiger partial charge in [-0.05, 0) is 49.8 Å². The normalized spacial score (nSPS) is 13.2. The Kier molecular flexibility index (Phi) is 5.26. The Morgan fingerprint density at radius 2 is 2.00 bits per heavy atom. The molecule has 0 spiro atoms. The van der Waals surface area contributed by atoms with Crippen LogP contribution in [0.15, 0.2) is 51.8 Å². The number of benzene rings is 1. The molecule has 6 nitrogen and oxygen atoms in total. The molecule has 0 unspecified atom stereocenters. The van der Waals surface area contributed by atoms with E-state index in [1.54, 1.807) is 31.3 Å². The number of carbonyl (C=O) groups excluding carboxylic acids is 1. The van der Waals surface area contributed by atoms with Crippen molar-refractivity contribution < 1.29 is 17.6 Å². The molecule has 1 heterocycles. The third kappa shape index (κ3) is 4.33. The van der Waals surface area contributed by atoms with E-state index in [1.165, 1.54) is 23.1 Å². The average Bonchev–Trinajstić information content (AvgIpc) is 2.96. The first-order valence-corrected chi connectivity index (χ1v) is 8.87. The van der Waals surface area contributed by atoms with Crippen molar-refractivity contribution in [1.82, 2.24) is 4.90 Å². The zero-order valence-corrected chi connectivity index (χ0v) is 14.6. The van der Waals surface area contributed by atoms with E-state index in [4.69, 9.17) is 9.56 Å². The highest BCUT2D eigenvalue weighted by Crippen LogP contribution is 2.22. The van der Waals surface area contributed by atoms with Crippen LogP contribution in [0.5, 0.6) is 0 Å². The summed E-state index contributed by atoms with van der Waals surface area (Å²) >= 11 is 0. The molecule has 7 heteroatoms. The van der Waals surface area contributed by atoms with Gasteiger partial charge in [-0.2, -0.15) is 0 Å². The Morgan fingerprint density at radius 1 is 1.29 bits per heavy atom. The number of aryl methyl sites for hydroxylation is 1. The van der Waals surface area contributed by atoms with E-state index in [0.717, 1.165) is 5.76 Å². The van der Waals surface area contributed by atoms with Crippen molar-refractivity contribution in [3.8, 4) is 0 Å². The number of primary sulfonamides is 1. The van der Waals surface area contributed by atoms with Gasteiger partial charge in [0, 0.05) is 13.1 Å². The summed E-state index contributed by atoms with van der Waals surface area (Å²) in [5.74, 6) is 1.14. The summed E-state index contributed by atoms with van der Waals surface area (Å²) in [7, 11) is -2.13. The highest BCUT2D eigenvalue weighted by molar-refractivity contribution is 7.89. The molecule has 0 radical (unpaired) electrons. The van der Waals surface area contributed by atoms with Gasteiger partial charge >= 0.3 is 0 Å². The zero-order valence-electron chi connectivity index (χ0n) is 13.8. The molecule has 0 bridgehead atoms. The molecule has 0 aliphatic carbocycles. The van der Waals surface area contributed by atoms with E-state index in [1.807, 2.05) is 19.9 Å². The van der Waals surface area contributed by atoms with Gasteiger partial charge < -0.3 is 9.32 Å². The van der Waals surface area contributed by atoms with Crippen LogP contribution in [0.3, 0.4) is 0 Å². The molecular weight excluding hydrogens is 328 g/mol. The van der Waals surface area contributed by atoms with Crippen LogP contribution >= 0.6 is 0 Å². The second-order valence-electron chi connectivity index (χ2n) is 5.52. The molecule has 0 saturated carbocycles. The molecule has 2 aromatic rings. The van der Waals surface area contributed by atoms with Crippen molar-refractivity contribution in [2.75, 3.05) is 7.05 Å². The van der Waals surface area contributed by atoms with Gasteiger partial charge in [0.05, 0.1) is 10.9 Å². The van der Waals surface area contributed by atoms with Gasteiger partial charge in [-0.3, -0.25) is 4.79 Å². The van der Waals surface area contributed by atoms with Crippen LogP contribution in [-0.4, -0.2) is 26.3 Å². The fourth-order valence-corrected chi connectivity index (χ4v) is 2.75. The second-order valence-corrected chi connectivity index (χ2v) is 7.09. The van der Waals surface area contributed by atoms with Crippen molar-refractivity contribution in [2.45, 2.75) is 24.8 Å². The number of rotatable bonds is 5. The number of likely N-dealkylation sites (N-methyl/N-ethyl adjacent to an activating group) is 1. The summed E-state index contributed by atoms with van der Waals surface area (Å²) in [6.07, 6.45) is 3.01. The van der Waals surface area contributed by atoms with Crippen LogP contribution in [0, 0.1) is 6.92 Å². The lowest BCUT2D eigenvalue weighted by molar-refractivity contribution is -0.126. The summed E-state index contributed by atoms with van der Waals surface area (Å²) in [6.45, 7) is 3.64. The van der Waals surface area contributed by atoms with Gasteiger partial charge in [-0.15, -0.1) is 0 Å². The van der Waals surface area contributed by atoms with Crippen LogP contribution in [0.2, 0.25) is 0 Å². The second kappa shape index (κ2) is 7.02. The molecule has 0 fully saturated rings. The number of hydrogen-bond donors (Lipinski definition) is 1. The summed E-state index contributed by atoms with van der Waals surface area (Å²) < 4.78 is 28.3. The van der Waals surface area contributed by atoms with E-state index in [9.17, 15) is 13.2 Å². The SMILES string of the molecule is Cc1ccc(/C=C/C(=O)N(C)[C@@H](C)c2cccc(S(N)(=O)=O)c2)o1. The van der Waals surface area contributed by atoms with Crippen molar-refractivity contribution in [1.29, 1.82) is 0 Å². The van der Waals surface area contributed by atoms with Crippen molar-refractivity contribution in [3.63, 3.8) is 0 Å². The number of carbonyl (C=O) groups is 1. The van der Waals surface area contributed by atoms with Crippen LogP contribution in [-0.2, 0) is 14.8 Å². The monoisotopic (exact) mass is 348 g/mol. The van der Waals surface area contributed by atoms with Gasteiger partial charge in [-0.25, -0.2) is 13.6 Å². The minimum absolute atomic E-state index is 0.0225. The molecule has 1 aromatic heterocycles. The van der Waals surface area contributed by atoms with Gasteiger partial charge in [0.2, 0.25) is 15.9 Å². The maximum Gasteiger partial charge on any atom is 0.246 e. The molecule has 128 valence electrons. The Hall–Kier alpha value is -2.38. The number of nitrogens with zero attached hydrogens (tertiary/aromatic N) is 1. The van der Waals surface area contributed by atoms with Crippen molar-refractivity contribution in [2.24, 2.45) is 5.14 Å².